The van der Waals surface area contributed by atoms with E-state index < -0.39 is 0 Å². The number of anilines is 1. The van der Waals surface area contributed by atoms with E-state index in [0.29, 0.717) is 11.6 Å². The van der Waals surface area contributed by atoms with Gasteiger partial charge in [-0.05, 0) is 11.6 Å². The lowest BCUT2D eigenvalue weighted by Gasteiger charge is -2.04. The highest BCUT2D eigenvalue weighted by Crippen LogP contribution is 2.23. The van der Waals surface area contributed by atoms with Gasteiger partial charge in [-0.3, -0.25) is 10.1 Å². The second kappa shape index (κ2) is 5.34. The molecule has 1 amide bonds. The first kappa shape index (κ1) is 13.3. The standard InChI is InChI=1S/C15H15N5O/c1-20-12-7-11(10-5-3-2-4-6-10)9-17-14(12)19-15(20)18-13(21)8-16/h2-7,9H,8,16H2,1H3,(H,17,18,19,21). The average molecular weight is 281 g/mol. The van der Waals surface area contributed by atoms with Gasteiger partial charge in [0.2, 0.25) is 11.9 Å². The van der Waals surface area contributed by atoms with Crippen LogP contribution in [0.1, 0.15) is 0 Å². The molecular formula is C15H15N5O. The smallest absolute Gasteiger partial charge is 0.240 e. The van der Waals surface area contributed by atoms with E-state index in [-0.39, 0.29) is 12.5 Å². The molecule has 106 valence electrons. The van der Waals surface area contributed by atoms with Gasteiger partial charge in [0.15, 0.2) is 5.65 Å². The number of hydrogen-bond donors (Lipinski definition) is 2. The monoisotopic (exact) mass is 281 g/mol. The molecule has 3 rings (SSSR count). The number of aryl methyl sites for hydroxylation is 1. The van der Waals surface area contributed by atoms with Gasteiger partial charge < -0.3 is 10.3 Å². The molecule has 2 aromatic heterocycles. The first-order valence-electron chi connectivity index (χ1n) is 6.57. The number of carbonyl (C=O) groups is 1. The van der Waals surface area contributed by atoms with Crippen molar-refractivity contribution in [3.8, 4) is 11.1 Å². The molecule has 0 radical (unpaired) electrons. The molecule has 3 N–H and O–H groups in total. The number of nitrogens with one attached hydrogen (secondary N) is 1. The summed E-state index contributed by atoms with van der Waals surface area (Å²) in [4.78, 5) is 20.0. The molecule has 21 heavy (non-hydrogen) atoms. The van der Waals surface area contributed by atoms with Gasteiger partial charge >= 0.3 is 0 Å². The van der Waals surface area contributed by atoms with Gasteiger partial charge in [0, 0.05) is 18.8 Å². The SMILES string of the molecule is Cn1c(NC(=O)CN)nc2ncc(-c3ccccc3)cc21. The molecule has 6 nitrogen and oxygen atoms in total. The summed E-state index contributed by atoms with van der Waals surface area (Å²) in [6.45, 7) is -0.0775. The predicted molar refractivity (Wildman–Crippen MR) is 81.6 cm³/mol. The molecule has 3 aromatic rings. The summed E-state index contributed by atoms with van der Waals surface area (Å²) in [5.41, 5.74) is 8.82. The molecule has 0 aliphatic carbocycles. The predicted octanol–water partition coefficient (Wildman–Crippen LogP) is 1.53. The highest BCUT2D eigenvalue weighted by atomic mass is 16.2. The fourth-order valence-corrected chi connectivity index (χ4v) is 2.14. The molecule has 0 atom stereocenters. The summed E-state index contributed by atoms with van der Waals surface area (Å²) >= 11 is 0. The highest BCUT2D eigenvalue weighted by Gasteiger charge is 2.11. The van der Waals surface area contributed by atoms with Crippen molar-refractivity contribution in [2.45, 2.75) is 0 Å². The van der Waals surface area contributed by atoms with E-state index in [2.05, 4.69) is 15.3 Å². The molecule has 0 aliphatic heterocycles. The van der Waals surface area contributed by atoms with Gasteiger partial charge in [-0.15, -0.1) is 0 Å². The summed E-state index contributed by atoms with van der Waals surface area (Å²) in [7, 11) is 1.83. The number of pyridine rings is 1. The van der Waals surface area contributed by atoms with Crippen LogP contribution < -0.4 is 11.1 Å². The Morgan fingerprint density at radius 1 is 1.29 bits per heavy atom. The zero-order valence-corrected chi connectivity index (χ0v) is 11.6. The Balaban J connectivity index is 2.06. The molecule has 1 aromatic carbocycles. The largest absolute Gasteiger partial charge is 0.322 e. The third-order valence-corrected chi connectivity index (χ3v) is 3.28. The van der Waals surface area contributed by atoms with Crippen molar-refractivity contribution in [2.24, 2.45) is 12.8 Å². The number of benzene rings is 1. The number of aromatic nitrogens is 3. The third kappa shape index (κ3) is 2.48. The number of rotatable bonds is 3. The van der Waals surface area contributed by atoms with Crippen LogP contribution >= 0.6 is 0 Å². The molecule has 0 bridgehead atoms. The van der Waals surface area contributed by atoms with Crippen LogP contribution in [0.2, 0.25) is 0 Å². The Bertz CT molecular complexity index is 794. The molecular weight excluding hydrogens is 266 g/mol. The van der Waals surface area contributed by atoms with Crippen molar-refractivity contribution in [2.75, 3.05) is 11.9 Å². The summed E-state index contributed by atoms with van der Waals surface area (Å²) < 4.78 is 1.79. The summed E-state index contributed by atoms with van der Waals surface area (Å²) in [6.07, 6.45) is 1.78. The van der Waals surface area contributed by atoms with Crippen LogP contribution in [0.3, 0.4) is 0 Å². The zero-order valence-electron chi connectivity index (χ0n) is 11.6. The minimum Gasteiger partial charge on any atom is -0.322 e. The lowest BCUT2D eigenvalue weighted by Crippen LogP contribution is -2.23. The molecule has 0 saturated heterocycles. The highest BCUT2D eigenvalue weighted by molar-refractivity contribution is 5.92. The Hall–Kier alpha value is -2.73. The number of carbonyl (C=O) groups excluding carboxylic acids is 1. The van der Waals surface area contributed by atoms with Crippen molar-refractivity contribution in [1.29, 1.82) is 0 Å². The van der Waals surface area contributed by atoms with E-state index in [1.165, 1.54) is 0 Å². The fourth-order valence-electron chi connectivity index (χ4n) is 2.14. The zero-order chi connectivity index (χ0) is 14.8. The number of nitrogens with zero attached hydrogens (tertiary/aromatic N) is 3. The number of amides is 1. The van der Waals surface area contributed by atoms with Crippen LogP contribution in [0.15, 0.2) is 42.6 Å². The summed E-state index contributed by atoms with van der Waals surface area (Å²) in [6, 6.07) is 12.0. The summed E-state index contributed by atoms with van der Waals surface area (Å²) in [5.74, 6) is 0.162. The molecule has 0 spiro atoms. The second-order valence-electron chi connectivity index (χ2n) is 4.68. The normalized spacial score (nSPS) is 10.8. The van der Waals surface area contributed by atoms with Gasteiger partial charge in [-0.25, -0.2) is 4.98 Å². The van der Waals surface area contributed by atoms with Crippen LogP contribution in [0.4, 0.5) is 5.95 Å². The molecule has 0 aliphatic rings. The van der Waals surface area contributed by atoms with Crippen molar-refractivity contribution in [3.63, 3.8) is 0 Å². The number of nitrogens with two attached hydrogens (primary N) is 1. The molecule has 0 saturated carbocycles. The van der Waals surface area contributed by atoms with Crippen molar-refractivity contribution < 1.29 is 4.79 Å². The molecule has 2 heterocycles. The van der Waals surface area contributed by atoms with Crippen LogP contribution in [-0.4, -0.2) is 27.0 Å². The van der Waals surface area contributed by atoms with E-state index in [4.69, 9.17) is 5.73 Å². The van der Waals surface area contributed by atoms with E-state index in [1.807, 2.05) is 43.4 Å². The van der Waals surface area contributed by atoms with Gasteiger partial charge in [-0.1, -0.05) is 30.3 Å². The summed E-state index contributed by atoms with van der Waals surface area (Å²) in [5, 5.41) is 2.66. The van der Waals surface area contributed by atoms with E-state index in [9.17, 15) is 4.79 Å². The van der Waals surface area contributed by atoms with Crippen LogP contribution in [0, 0.1) is 0 Å². The molecule has 0 fully saturated rings. The second-order valence-corrected chi connectivity index (χ2v) is 4.68. The van der Waals surface area contributed by atoms with Crippen LogP contribution in [0.5, 0.6) is 0 Å². The lowest BCUT2D eigenvalue weighted by atomic mass is 10.1. The van der Waals surface area contributed by atoms with Gasteiger partial charge in [0.1, 0.15) is 0 Å². The number of fused-ring (bicyclic) bond motifs is 1. The van der Waals surface area contributed by atoms with Gasteiger partial charge in [0.25, 0.3) is 0 Å². The van der Waals surface area contributed by atoms with E-state index in [1.54, 1.807) is 10.8 Å². The van der Waals surface area contributed by atoms with E-state index >= 15 is 0 Å². The van der Waals surface area contributed by atoms with Crippen LogP contribution in [-0.2, 0) is 11.8 Å². The number of imidazole rings is 1. The van der Waals surface area contributed by atoms with Crippen molar-refractivity contribution >= 4 is 23.0 Å². The van der Waals surface area contributed by atoms with Crippen molar-refractivity contribution in [1.82, 2.24) is 14.5 Å². The Labute approximate surface area is 121 Å². The topological polar surface area (TPSA) is 85.8 Å². The number of hydrogen-bond acceptors (Lipinski definition) is 4. The average Bonchev–Trinajstić information content (AvgIpc) is 2.84. The minimum absolute atomic E-state index is 0.0775. The molecule has 6 heteroatoms. The van der Waals surface area contributed by atoms with Crippen LogP contribution in [0.25, 0.3) is 22.3 Å². The quantitative estimate of drug-likeness (QED) is 0.762. The Morgan fingerprint density at radius 2 is 2.05 bits per heavy atom. The first-order chi connectivity index (χ1) is 10.2. The Kier molecular flexibility index (Phi) is 3.37. The first-order valence-corrected chi connectivity index (χ1v) is 6.57. The van der Waals surface area contributed by atoms with E-state index in [0.717, 1.165) is 16.6 Å². The lowest BCUT2D eigenvalue weighted by molar-refractivity contribution is -0.115. The maximum Gasteiger partial charge on any atom is 0.240 e. The van der Waals surface area contributed by atoms with Crippen molar-refractivity contribution in [3.05, 3.63) is 42.6 Å². The maximum absolute atomic E-state index is 11.4. The van der Waals surface area contributed by atoms with Gasteiger partial charge in [0.05, 0.1) is 12.1 Å². The van der Waals surface area contributed by atoms with Gasteiger partial charge in [-0.2, -0.15) is 4.98 Å². The fraction of sp³-hybridized carbons (Fsp3) is 0.133. The minimum atomic E-state index is -0.281. The molecule has 0 unspecified atom stereocenters. The third-order valence-electron chi connectivity index (χ3n) is 3.28. The Morgan fingerprint density at radius 3 is 2.76 bits per heavy atom. The maximum atomic E-state index is 11.4.